The van der Waals surface area contributed by atoms with Crippen LogP contribution < -0.4 is 9.64 Å². The van der Waals surface area contributed by atoms with E-state index in [0.717, 1.165) is 30.6 Å². The molecule has 0 aliphatic carbocycles. The van der Waals surface area contributed by atoms with Crippen LogP contribution in [0.4, 0.5) is 5.69 Å². The third-order valence-corrected chi connectivity index (χ3v) is 4.92. The van der Waals surface area contributed by atoms with Gasteiger partial charge in [0.1, 0.15) is 5.75 Å². The van der Waals surface area contributed by atoms with Gasteiger partial charge in [0.05, 0.1) is 6.61 Å². The van der Waals surface area contributed by atoms with E-state index in [1.807, 2.05) is 0 Å². The Kier molecular flexibility index (Phi) is 7.78. The van der Waals surface area contributed by atoms with Gasteiger partial charge in [0, 0.05) is 18.8 Å². The van der Waals surface area contributed by atoms with Crippen molar-refractivity contribution in [2.45, 2.75) is 65.7 Å². The zero-order valence-electron chi connectivity index (χ0n) is 15.4. The zero-order chi connectivity index (χ0) is 16.5. The largest absolute Gasteiger partial charge is 0.494 e. The van der Waals surface area contributed by atoms with Gasteiger partial charge < -0.3 is 9.64 Å². The van der Waals surface area contributed by atoms with Gasteiger partial charge in [0.25, 0.3) is 0 Å². The maximum absolute atomic E-state index is 5.93. The number of piperidine rings is 1. The molecule has 1 heterocycles. The van der Waals surface area contributed by atoms with Crippen LogP contribution in [-0.4, -0.2) is 19.7 Å². The SMILES string of the molecule is CC(C)CCCC(C)CCOc1ccc(N2CCCCC2)cc1. The normalized spacial score (nSPS) is 16.6. The highest BCUT2D eigenvalue weighted by molar-refractivity contribution is 5.49. The minimum Gasteiger partial charge on any atom is -0.494 e. The van der Waals surface area contributed by atoms with Crippen LogP contribution in [0.15, 0.2) is 24.3 Å². The Morgan fingerprint density at radius 1 is 0.913 bits per heavy atom. The average molecular weight is 318 g/mol. The Balaban J connectivity index is 1.65. The summed E-state index contributed by atoms with van der Waals surface area (Å²) in [5.41, 5.74) is 1.35. The second kappa shape index (κ2) is 9.85. The molecule has 1 aliphatic heterocycles. The molecule has 1 aromatic rings. The Morgan fingerprint density at radius 2 is 1.61 bits per heavy atom. The van der Waals surface area contributed by atoms with Crippen molar-refractivity contribution < 1.29 is 4.74 Å². The predicted octanol–water partition coefficient (Wildman–Crippen LogP) is 5.91. The van der Waals surface area contributed by atoms with E-state index >= 15 is 0 Å². The van der Waals surface area contributed by atoms with Gasteiger partial charge >= 0.3 is 0 Å². The van der Waals surface area contributed by atoms with Crippen molar-refractivity contribution in [1.82, 2.24) is 0 Å². The summed E-state index contributed by atoms with van der Waals surface area (Å²) in [6, 6.07) is 8.69. The summed E-state index contributed by atoms with van der Waals surface area (Å²) in [7, 11) is 0. The van der Waals surface area contributed by atoms with Crippen LogP contribution in [0.3, 0.4) is 0 Å². The summed E-state index contributed by atoms with van der Waals surface area (Å²) in [6.07, 6.45) is 9.22. The molecule has 0 bridgehead atoms. The molecule has 2 rings (SSSR count). The lowest BCUT2D eigenvalue weighted by molar-refractivity contribution is 0.276. The number of hydrogen-bond donors (Lipinski definition) is 0. The van der Waals surface area contributed by atoms with E-state index in [2.05, 4.69) is 49.9 Å². The van der Waals surface area contributed by atoms with E-state index in [0.29, 0.717) is 0 Å². The highest BCUT2D eigenvalue weighted by Gasteiger charge is 2.10. The van der Waals surface area contributed by atoms with E-state index < -0.39 is 0 Å². The van der Waals surface area contributed by atoms with E-state index in [9.17, 15) is 0 Å². The molecule has 2 heteroatoms. The van der Waals surface area contributed by atoms with Crippen molar-refractivity contribution in [3.05, 3.63) is 24.3 Å². The molecule has 1 aromatic carbocycles. The molecular weight excluding hydrogens is 282 g/mol. The van der Waals surface area contributed by atoms with Crippen LogP contribution in [0.2, 0.25) is 0 Å². The zero-order valence-corrected chi connectivity index (χ0v) is 15.4. The molecule has 2 nitrogen and oxygen atoms in total. The molecule has 1 saturated heterocycles. The van der Waals surface area contributed by atoms with Gasteiger partial charge in [-0.1, -0.05) is 40.0 Å². The van der Waals surface area contributed by atoms with Crippen LogP contribution in [0, 0.1) is 11.8 Å². The Labute approximate surface area is 143 Å². The highest BCUT2D eigenvalue weighted by atomic mass is 16.5. The third-order valence-electron chi connectivity index (χ3n) is 4.92. The van der Waals surface area contributed by atoms with Gasteiger partial charge in [-0.2, -0.15) is 0 Å². The number of benzene rings is 1. The smallest absolute Gasteiger partial charge is 0.119 e. The van der Waals surface area contributed by atoms with Gasteiger partial charge in [0.15, 0.2) is 0 Å². The molecule has 0 spiro atoms. The van der Waals surface area contributed by atoms with Gasteiger partial charge in [0.2, 0.25) is 0 Å². The van der Waals surface area contributed by atoms with Gasteiger partial charge in [-0.3, -0.25) is 0 Å². The van der Waals surface area contributed by atoms with Crippen LogP contribution in [0.5, 0.6) is 5.75 Å². The summed E-state index contributed by atoms with van der Waals surface area (Å²) in [4.78, 5) is 2.49. The Morgan fingerprint density at radius 3 is 2.26 bits per heavy atom. The van der Waals surface area contributed by atoms with Crippen molar-refractivity contribution >= 4 is 5.69 Å². The summed E-state index contributed by atoms with van der Waals surface area (Å²) in [5.74, 6) is 2.61. The molecule has 0 saturated carbocycles. The van der Waals surface area contributed by atoms with Crippen molar-refractivity contribution in [3.63, 3.8) is 0 Å². The maximum atomic E-state index is 5.93. The van der Waals surface area contributed by atoms with Crippen molar-refractivity contribution in [2.24, 2.45) is 11.8 Å². The van der Waals surface area contributed by atoms with Gasteiger partial charge in [-0.25, -0.2) is 0 Å². The van der Waals surface area contributed by atoms with E-state index in [4.69, 9.17) is 4.74 Å². The van der Waals surface area contributed by atoms with E-state index in [-0.39, 0.29) is 0 Å². The number of rotatable bonds is 9. The Bertz CT molecular complexity index is 420. The quantitative estimate of drug-likeness (QED) is 0.561. The monoisotopic (exact) mass is 317 g/mol. The molecular formula is C21H35NO. The lowest BCUT2D eigenvalue weighted by Crippen LogP contribution is -2.29. The van der Waals surface area contributed by atoms with Gasteiger partial charge in [-0.05, 0) is 61.8 Å². The van der Waals surface area contributed by atoms with Crippen molar-refractivity contribution in [1.29, 1.82) is 0 Å². The minimum atomic E-state index is 0.765. The third kappa shape index (κ3) is 6.85. The first kappa shape index (κ1) is 18.2. The predicted molar refractivity (Wildman–Crippen MR) is 100 cm³/mol. The molecule has 130 valence electrons. The Hall–Kier alpha value is -1.18. The fourth-order valence-electron chi connectivity index (χ4n) is 3.30. The summed E-state index contributed by atoms with van der Waals surface area (Å²) >= 11 is 0. The van der Waals surface area contributed by atoms with Crippen LogP contribution in [0.25, 0.3) is 0 Å². The average Bonchev–Trinajstić information content (AvgIpc) is 2.56. The number of nitrogens with zero attached hydrogens (tertiary/aromatic N) is 1. The molecule has 1 fully saturated rings. The topological polar surface area (TPSA) is 12.5 Å². The second-order valence-electron chi connectivity index (χ2n) is 7.61. The van der Waals surface area contributed by atoms with E-state index in [1.54, 1.807) is 0 Å². The lowest BCUT2D eigenvalue weighted by Gasteiger charge is -2.28. The first-order valence-corrected chi connectivity index (χ1v) is 9.63. The first-order valence-electron chi connectivity index (χ1n) is 9.63. The standard InChI is InChI=1S/C21H35NO/c1-18(2)8-7-9-19(3)14-17-23-21-12-10-20(11-13-21)22-15-5-4-6-16-22/h10-13,18-19H,4-9,14-17H2,1-3H3. The van der Waals surface area contributed by atoms with Crippen LogP contribution in [0.1, 0.15) is 65.7 Å². The summed E-state index contributed by atoms with van der Waals surface area (Å²) in [5, 5.41) is 0. The van der Waals surface area contributed by atoms with Crippen LogP contribution in [-0.2, 0) is 0 Å². The minimum absolute atomic E-state index is 0.765. The first-order chi connectivity index (χ1) is 11.1. The summed E-state index contributed by atoms with van der Waals surface area (Å²) < 4.78 is 5.93. The molecule has 0 N–H and O–H groups in total. The molecule has 1 unspecified atom stereocenters. The molecule has 1 atom stereocenters. The maximum Gasteiger partial charge on any atom is 0.119 e. The lowest BCUT2D eigenvalue weighted by atomic mass is 9.98. The molecule has 0 aromatic heterocycles. The second-order valence-corrected chi connectivity index (χ2v) is 7.61. The highest BCUT2D eigenvalue weighted by Crippen LogP contribution is 2.23. The van der Waals surface area contributed by atoms with Crippen molar-refractivity contribution in [3.8, 4) is 5.75 Å². The molecule has 1 aliphatic rings. The number of ether oxygens (including phenoxy) is 1. The molecule has 0 radical (unpaired) electrons. The number of hydrogen-bond acceptors (Lipinski definition) is 2. The molecule has 0 amide bonds. The van der Waals surface area contributed by atoms with Crippen molar-refractivity contribution in [2.75, 3.05) is 24.6 Å². The molecule has 23 heavy (non-hydrogen) atoms. The fourth-order valence-corrected chi connectivity index (χ4v) is 3.30. The number of anilines is 1. The van der Waals surface area contributed by atoms with Gasteiger partial charge in [-0.15, -0.1) is 0 Å². The summed E-state index contributed by atoms with van der Waals surface area (Å²) in [6.45, 7) is 10.2. The fraction of sp³-hybridized carbons (Fsp3) is 0.714. The van der Waals surface area contributed by atoms with Crippen LogP contribution >= 0.6 is 0 Å². The van der Waals surface area contributed by atoms with E-state index in [1.165, 1.54) is 57.3 Å².